The number of thioether (sulfide) groups is 1. The van der Waals surface area contributed by atoms with Crippen LogP contribution in [0, 0.1) is 5.92 Å². The van der Waals surface area contributed by atoms with Crippen LogP contribution in [-0.2, 0) is 4.79 Å². The lowest BCUT2D eigenvalue weighted by Gasteiger charge is -2.23. The molecule has 1 aliphatic carbocycles. The largest absolute Gasteiger partial charge is 0.490 e. The van der Waals surface area contributed by atoms with Crippen LogP contribution in [0.15, 0.2) is 24.3 Å². The quantitative estimate of drug-likeness (QED) is 0.865. The van der Waals surface area contributed by atoms with E-state index >= 15 is 0 Å². The van der Waals surface area contributed by atoms with E-state index in [0.717, 1.165) is 36.3 Å². The predicted octanol–water partition coefficient (Wildman–Crippen LogP) is 3.93. The van der Waals surface area contributed by atoms with E-state index in [4.69, 9.17) is 9.84 Å². The van der Waals surface area contributed by atoms with E-state index < -0.39 is 5.97 Å². The van der Waals surface area contributed by atoms with Crippen LogP contribution in [0.4, 0.5) is 0 Å². The van der Waals surface area contributed by atoms with Gasteiger partial charge in [0.2, 0.25) is 0 Å². The van der Waals surface area contributed by atoms with Crippen LogP contribution in [0.1, 0.15) is 43.6 Å². The molecular weight excluding hydrogens is 284 g/mol. The Morgan fingerprint density at radius 3 is 2.90 bits per heavy atom. The van der Waals surface area contributed by atoms with Crippen LogP contribution in [0.2, 0.25) is 0 Å². The number of rotatable bonds is 6. The van der Waals surface area contributed by atoms with Gasteiger partial charge >= 0.3 is 5.97 Å². The molecule has 1 aliphatic heterocycles. The average Bonchev–Trinajstić information content (AvgIpc) is 3.30. The summed E-state index contributed by atoms with van der Waals surface area (Å²) in [6.07, 6.45) is 5.19. The number of carbonyl (C=O) groups is 1. The molecule has 0 amide bonds. The van der Waals surface area contributed by atoms with Gasteiger partial charge in [0.25, 0.3) is 0 Å². The molecule has 0 spiro atoms. The van der Waals surface area contributed by atoms with Crippen molar-refractivity contribution in [2.45, 2.75) is 44.1 Å². The first-order valence-corrected chi connectivity index (χ1v) is 8.94. The Morgan fingerprint density at radius 1 is 1.38 bits per heavy atom. The van der Waals surface area contributed by atoms with Gasteiger partial charge in [0.1, 0.15) is 11.9 Å². The van der Waals surface area contributed by atoms with E-state index in [0.29, 0.717) is 12.0 Å². The molecule has 1 aromatic rings. The summed E-state index contributed by atoms with van der Waals surface area (Å²) < 4.78 is 6.08. The second-order valence-electron chi connectivity index (χ2n) is 6.07. The monoisotopic (exact) mass is 306 g/mol. The number of hydrogen-bond acceptors (Lipinski definition) is 3. The Balaban J connectivity index is 1.70. The van der Waals surface area contributed by atoms with Gasteiger partial charge in [-0.2, -0.15) is 11.8 Å². The lowest BCUT2D eigenvalue weighted by molar-refractivity contribution is -0.137. The highest BCUT2D eigenvalue weighted by Gasteiger charge is 2.33. The van der Waals surface area contributed by atoms with Crippen molar-refractivity contribution in [2.75, 3.05) is 11.5 Å². The van der Waals surface area contributed by atoms with Crippen molar-refractivity contribution in [1.29, 1.82) is 0 Å². The Bertz CT molecular complexity index is 493. The van der Waals surface area contributed by atoms with Gasteiger partial charge in [0.15, 0.2) is 0 Å². The summed E-state index contributed by atoms with van der Waals surface area (Å²) in [4.78, 5) is 11.1. The predicted molar refractivity (Wildman–Crippen MR) is 85.1 cm³/mol. The minimum absolute atomic E-state index is 0.145. The molecule has 2 aliphatic rings. The zero-order chi connectivity index (χ0) is 14.7. The summed E-state index contributed by atoms with van der Waals surface area (Å²) in [7, 11) is 0. The molecule has 21 heavy (non-hydrogen) atoms. The van der Waals surface area contributed by atoms with E-state index in [-0.39, 0.29) is 12.3 Å². The first kappa shape index (κ1) is 14.8. The summed E-state index contributed by atoms with van der Waals surface area (Å²) in [6.45, 7) is 0. The van der Waals surface area contributed by atoms with Crippen molar-refractivity contribution in [1.82, 2.24) is 0 Å². The van der Waals surface area contributed by atoms with Gasteiger partial charge in [0.05, 0.1) is 6.42 Å². The second kappa shape index (κ2) is 6.73. The number of hydrogen-bond donors (Lipinski definition) is 1. The Morgan fingerprint density at radius 2 is 2.24 bits per heavy atom. The van der Waals surface area contributed by atoms with Crippen LogP contribution in [0.3, 0.4) is 0 Å². The van der Waals surface area contributed by atoms with Crippen molar-refractivity contribution in [3.63, 3.8) is 0 Å². The smallest absolute Gasteiger partial charge is 0.303 e. The van der Waals surface area contributed by atoms with Gasteiger partial charge in [-0.25, -0.2) is 0 Å². The summed E-state index contributed by atoms with van der Waals surface area (Å²) in [6, 6.07) is 8.10. The van der Waals surface area contributed by atoms with Crippen molar-refractivity contribution >= 4 is 17.7 Å². The molecule has 2 fully saturated rings. The molecule has 1 saturated heterocycles. The molecule has 2 atom stereocenters. The lowest BCUT2D eigenvalue weighted by Crippen LogP contribution is -2.23. The zero-order valence-corrected chi connectivity index (χ0v) is 13.0. The second-order valence-corrected chi connectivity index (χ2v) is 7.22. The van der Waals surface area contributed by atoms with Gasteiger partial charge in [-0.15, -0.1) is 0 Å². The number of aliphatic carboxylic acids is 1. The summed E-state index contributed by atoms with van der Waals surface area (Å²) in [5.74, 6) is 3.18. The molecule has 2 unspecified atom stereocenters. The Labute approximate surface area is 130 Å². The number of carboxylic acids is 1. The maximum atomic E-state index is 11.1. The highest BCUT2D eigenvalue weighted by molar-refractivity contribution is 7.99. The first-order chi connectivity index (χ1) is 10.2. The highest BCUT2D eigenvalue weighted by Crippen LogP contribution is 2.45. The standard InChI is InChI=1S/C17H22O3S/c18-17(19)10-16(12-6-7-12)13-3-1-4-14(9-13)20-15-5-2-8-21-11-15/h1,3-4,9,12,15-16H,2,5-8,10-11H2,(H,18,19). The molecule has 0 bridgehead atoms. The van der Waals surface area contributed by atoms with Crippen LogP contribution in [0.25, 0.3) is 0 Å². The molecule has 0 aromatic heterocycles. The number of carboxylic acid groups (broad SMARTS) is 1. The average molecular weight is 306 g/mol. The van der Waals surface area contributed by atoms with Crippen LogP contribution < -0.4 is 4.74 Å². The maximum Gasteiger partial charge on any atom is 0.303 e. The van der Waals surface area contributed by atoms with Gasteiger partial charge in [-0.1, -0.05) is 12.1 Å². The van der Waals surface area contributed by atoms with E-state index in [9.17, 15) is 4.79 Å². The fourth-order valence-corrected chi connectivity index (χ4v) is 4.09. The molecule has 1 saturated carbocycles. The fraction of sp³-hybridized carbons (Fsp3) is 0.588. The normalized spacial score (nSPS) is 23.5. The zero-order valence-electron chi connectivity index (χ0n) is 12.2. The van der Waals surface area contributed by atoms with E-state index in [1.54, 1.807) is 0 Å². The van der Waals surface area contributed by atoms with E-state index in [2.05, 4.69) is 12.1 Å². The minimum Gasteiger partial charge on any atom is -0.490 e. The van der Waals surface area contributed by atoms with Crippen LogP contribution in [-0.4, -0.2) is 28.7 Å². The maximum absolute atomic E-state index is 11.1. The molecule has 1 heterocycles. The molecule has 1 aromatic carbocycles. The van der Waals surface area contributed by atoms with Gasteiger partial charge in [0, 0.05) is 5.75 Å². The fourth-order valence-electron chi connectivity index (χ4n) is 3.06. The highest BCUT2D eigenvalue weighted by atomic mass is 32.2. The van der Waals surface area contributed by atoms with Crippen LogP contribution >= 0.6 is 11.8 Å². The van der Waals surface area contributed by atoms with Gasteiger partial charge in [-0.3, -0.25) is 4.79 Å². The van der Waals surface area contributed by atoms with Gasteiger partial charge < -0.3 is 9.84 Å². The van der Waals surface area contributed by atoms with Crippen molar-refractivity contribution in [3.8, 4) is 5.75 Å². The number of ether oxygens (including phenoxy) is 1. The molecule has 114 valence electrons. The van der Waals surface area contributed by atoms with Gasteiger partial charge in [-0.05, 0) is 61.0 Å². The summed E-state index contributed by atoms with van der Waals surface area (Å²) >= 11 is 1.95. The molecule has 3 rings (SSSR count). The van der Waals surface area contributed by atoms with E-state index in [1.165, 1.54) is 12.2 Å². The third kappa shape index (κ3) is 4.16. The molecule has 4 heteroatoms. The third-order valence-electron chi connectivity index (χ3n) is 4.29. The number of benzene rings is 1. The summed E-state index contributed by atoms with van der Waals surface area (Å²) in [5, 5.41) is 9.12. The molecule has 0 radical (unpaired) electrons. The summed E-state index contributed by atoms with van der Waals surface area (Å²) in [5.41, 5.74) is 1.13. The van der Waals surface area contributed by atoms with Crippen molar-refractivity contribution in [2.24, 2.45) is 5.92 Å². The van der Waals surface area contributed by atoms with Crippen molar-refractivity contribution < 1.29 is 14.6 Å². The topological polar surface area (TPSA) is 46.5 Å². The van der Waals surface area contributed by atoms with E-state index in [1.807, 2.05) is 23.9 Å². The first-order valence-electron chi connectivity index (χ1n) is 7.78. The minimum atomic E-state index is -0.707. The van der Waals surface area contributed by atoms with Crippen LogP contribution in [0.5, 0.6) is 5.75 Å². The third-order valence-corrected chi connectivity index (χ3v) is 5.48. The van der Waals surface area contributed by atoms with Crippen molar-refractivity contribution in [3.05, 3.63) is 29.8 Å². The Hall–Kier alpha value is -1.16. The lowest BCUT2D eigenvalue weighted by atomic mass is 9.91. The molecule has 3 nitrogen and oxygen atoms in total. The SMILES string of the molecule is O=C(O)CC(c1cccc(OC2CCCSC2)c1)C1CC1. The molecular formula is C17H22O3S. The molecule has 1 N–H and O–H groups in total. The Kier molecular flexibility index (Phi) is 4.73.